The lowest BCUT2D eigenvalue weighted by Crippen LogP contribution is -2.43. The van der Waals surface area contributed by atoms with Gasteiger partial charge in [0, 0.05) is 0 Å². The summed E-state index contributed by atoms with van der Waals surface area (Å²) >= 11 is 0. The van der Waals surface area contributed by atoms with Gasteiger partial charge in [0.2, 0.25) is 0 Å². The number of likely N-dealkylation sites (tertiary alicyclic amines) is 1. The molecule has 1 aliphatic rings. The second-order valence-corrected chi connectivity index (χ2v) is 6.18. The highest BCUT2D eigenvalue weighted by Crippen LogP contribution is 2.41. The van der Waals surface area contributed by atoms with E-state index in [-0.39, 0.29) is 5.92 Å². The van der Waals surface area contributed by atoms with E-state index in [1.165, 1.54) is 0 Å². The van der Waals surface area contributed by atoms with Gasteiger partial charge in [-0.2, -0.15) is 0 Å². The molecule has 2 heteroatoms. The van der Waals surface area contributed by atoms with Crippen LogP contribution in [0.5, 0.6) is 0 Å². The lowest BCUT2D eigenvalue weighted by atomic mass is 9.72. The summed E-state index contributed by atoms with van der Waals surface area (Å²) < 4.78 is 0. The van der Waals surface area contributed by atoms with Gasteiger partial charge in [0.15, 0.2) is 0 Å². The first kappa shape index (κ1) is 16.7. The van der Waals surface area contributed by atoms with Crippen LogP contribution in [0.4, 0.5) is 0 Å². The zero-order valence-electron chi connectivity index (χ0n) is 13.7. The summed E-state index contributed by atoms with van der Waals surface area (Å²) in [6.07, 6.45) is 9.62. The van der Waals surface area contributed by atoms with E-state index < -0.39 is 5.60 Å². The molecule has 1 unspecified atom stereocenters. The van der Waals surface area contributed by atoms with Crippen molar-refractivity contribution in [3.63, 3.8) is 0 Å². The molecule has 118 valence electrons. The fourth-order valence-corrected chi connectivity index (χ4v) is 3.31. The number of hydrogen-bond acceptors (Lipinski definition) is 2. The summed E-state index contributed by atoms with van der Waals surface area (Å²) in [7, 11) is 2.15. The molecular weight excluding hydrogens is 270 g/mol. The van der Waals surface area contributed by atoms with Crippen molar-refractivity contribution >= 4 is 0 Å². The van der Waals surface area contributed by atoms with Crippen LogP contribution >= 0.6 is 0 Å². The Balaban J connectivity index is 2.38. The number of aliphatic hydroxyl groups is 1. The molecular formula is C20H27NO. The Labute approximate surface area is 134 Å². The second kappa shape index (κ2) is 7.57. The normalized spacial score (nSPS) is 21.0. The molecule has 2 rings (SSSR count). The molecule has 1 aliphatic heterocycles. The van der Waals surface area contributed by atoms with Gasteiger partial charge in [-0.3, -0.25) is 0 Å². The summed E-state index contributed by atoms with van der Waals surface area (Å²) in [5, 5.41) is 11.6. The van der Waals surface area contributed by atoms with Crippen molar-refractivity contribution in [1.29, 1.82) is 0 Å². The largest absolute Gasteiger partial charge is 0.380 e. The minimum Gasteiger partial charge on any atom is -0.380 e. The van der Waals surface area contributed by atoms with Crippen LogP contribution in [-0.4, -0.2) is 30.1 Å². The predicted octanol–water partition coefficient (Wildman–Crippen LogP) is 3.90. The Morgan fingerprint density at radius 1 is 1.23 bits per heavy atom. The van der Waals surface area contributed by atoms with Crippen LogP contribution in [0.1, 0.15) is 25.3 Å². The first-order chi connectivity index (χ1) is 10.6. The molecule has 1 heterocycles. The third-order valence-electron chi connectivity index (χ3n) is 4.72. The van der Waals surface area contributed by atoms with Crippen LogP contribution in [0.15, 0.2) is 66.8 Å². The highest BCUT2D eigenvalue weighted by atomic mass is 16.3. The molecule has 0 aromatic heterocycles. The number of hydrogen-bond donors (Lipinski definition) is 1. The average Bonchev–Trinajstić information content (AvgIpc) is 2.55. The molecule has 0 amide bonds. The first-order valence-electron chi connectivity index (χ1n) is 8.02. The average molecular weight is 297 g/mol. The summed E-state index contributed by atoms with van der Waals surface area (Å²) in [5.74, 6) is 0.250. The maximum absolute atomic E-state index is 11.6. The van der Waals surface area contributed by atoms with E-state index in [9.17, 15) is 5.11 Å². The number of benzene rings is 1. The molecule has 0 radical (unpaired) electrons. The van der Waals surface area contributed by atoms with Crippen LogP contribution in [0.3, 0.4) is 0 Å². The molecule has 0 bridgehead atoms. The lowest BCUT2D eigenvalue weighted by molar-refractivity contribution is -0.0143. The van der Waals surface area contributed by atoms with Gasteiger partial charge in [-0.15, -0.1) is 0 Å². The molecule has 0 spiro atoms. The van der Waals surface area contributed by atoms with Crippen molar-refractivity contribution < 1.29 is 5.11 Å². The third kappa shape index (κ3) is 3.57. The standard InChI is InChI=1S/C20H27NO/c1-4-5-7-10-17(2)20(22,18-11-8-6-9-12-18)19-13-15-21(3)16-14-19/h4-12,19,22H,1,13-16H2,2-3H3/b7-5-,17-10+. The Bertz CT molecular complexity index is 538. The van der Waals surface area contributed by atoms with Crippen molar-refractivity contribution in [3.05, 3.63) is 72.4 Å². The molecule has 0 saturated carbocycles. The molecule has 1 aromatic rings. The molecule has 22 heavy (non-hydrogen) atoms. The minimum absolute atomic E-state index is 0.250. The number of rotatable bonds is 5. The quantitative estimate of drug-likeness (QED) is 0.833. The summed E-state index contributed by atoms with van der Waals surface area (Å²) in [6.45, 7) is 7.79. The fraction of sp³-hybridized carbons (Fsp3) is 0.400. The van der Waals surface area contributed by atoms with E-state index in [1.54, 1.807) is 6.08 Å². The molecule has 1 fully saturated rings. The zero-order chi connectivity index (χ0) is 16.0. The van der Waals surface area contributed by atoms with Gasteiger partial charge < -0.3 is 10.0 Å². The van der Waals surface area contributed by atoms with Crippen LogP contribution in [0.25, 0.3) is 0 Å². The topological polar surface area (TPSA) is 23.5 Å². The van der Waals surface area contributed by atoms with E-state index in [0.29, 0.717) is 0 Å². The SMILES string of the molecule is C=C/C=C\C=C(/C)C(O)(c1ccccc1)C1CCN(C)CC1. The Morgan fingerprint density at radius 2 is 1.86 bits per heavy atom. The molecule has 1 saturated heterocycles. The Kier molecular flexibility index (Phi) is 5.76. The van der Waals surface area contributed by atoms with Crippen molar-refractivity contribution in [2.75, 3.05) is 20.1 Å². The Morgan fingerprint density at radius 3 is 2.45 bits per heavy atom. The van der Waals surface area contributed by atoms with Gasteiger partial charge in [0.1, 0.15) is 5.60 Å². The van der Waals surface area contributed by atoms with E-state index in [2.05, 4.69) is 18.5 Å². The predicted molar refractivity (Wildman–Crippen MR) is 93.7 cm³/mol. The van der Waals surface area contributed by atoms with Crippen molar-refractivity contribution in [2.24, 2.45) is 5.92 Å². The summed E-state index contributed by atoms with van der Waals surface area (Å²) in [4.78, 5) is 2.33. The number of piperidine rings is 1. The van der Waals surface area contributed by atoms with E-state index in [4.69, 9.17) is 0 Å². The first-order valence-corrected chi connectivity index (χ1v) is 8.02. The van der Waals surface area contributed by atoms with Crippen LogP contribution in [0.2, 0.25) is 0 Å². The van der Waals surface area contributed by atoms with Crippen molar-refractivity contribution in [2.45, 2.75) is 25.4 Å². The van der Waals surface area contributed by atoms with Crippen LogP contribution in [-0.2, 0) is 5.60 Å². The van der Waals surface area contributed by atoms with Crippen molar-refractivity contribution in [3.8, 4) is 0 Å². The maximum Gasteiger partial charge on any atom is 0.114 e. The highest BCUT2D eigenvalue weighted by Gasteiger charge is 2.40. The molecule has 1 aromatic carbocycles. The second-order valence-electron chi connectivity index (χ2n) is 6.18. The summed E-state index contributed by atoms with van der Waals surface area (Å²) in [6, 6.07) is 10.1. The molecule has 0 aliphatic carbocycles. The lowest BCUT2D eigenvalue weighted by Gasteiger charge is -2.42. The Hall–Kier alpha value is -1.64. The minimum atomic E-state index is -0.895. The number of allylic oxidation sites excluding steroid dienone is 4. The molecule has 1 atom stereocenters. The van der Waals surface area contributed by atoms with Crippen molar-refractivity contribution in [1.82, 2.24) is 4.90 Å². The number of nitrogens with zero attached hydrogens (tertiary/aromatic N) is 1. The van der Waals surface area contributed by atoms with Gasteiger partial charge in [-0.05, 0) is 57.0 Å². The molecule has 1 N–H and O–H groups in total. The molecule has 2 nitrogen and oxygen atoms in total. The van der Waals surface area contributed by atoms with Crippen LogP contribution < -0.4 is 0 Å². The summed E-state index contributed by atoms with van der Waals surface area (Å²) in [5.41, 5.74) is 1.09. The zero-order valence-corrected chi connectivity index (χ0v) is 13.7. The third-order valence-corrected chi connectivity index (χ3v) is 4.72. The van der Waals surface area contributed by atoms with Crippen LogP contribution in [0, 0.1) is 5.92 Å². The van der Waals surface area contributed by atoms with E-state index in [0.717, 1.165) is 37.1 Å². The van der Waals surface area contributed by atoms with Gasteiger partial charge in [0.25, 0.3) is 0 Å². The smallest absolute Gasteiger partial charge is 0.114 e. The monoisotopic (exact) mass is 297 g/mol. The van der Waals surface area contributed by atoms with Gasteiger partial charge in [0.05, 0.1) is 0 Å². The van der Waals surface area contributed by atoms with E-state index in [1.807, 2.05) is 55.5 Å². The fourth-order valence-electron chi connectivity index (χ4n) is 3.31. The highest BCUT2D eigenvalue weighted by molar-refractivity contribution is 5.35. The van der Waals surface area contributed by atoms with Gasteiger partial charge in [-0.25, -0.2) is 0 Å². The van der Waals surface area contributed by atoms with Gasteiger partial charge in [-0.1, -0.05) is 61.2 Å². The van der Waals surface area contributed by atoms with E-state index >= 15 is 0 Å². The maximum atomic E-state index is 11.6. The van der Waals surface area contributed by atoms with Gasteiger partial charge >= 0.3 is 0 Å².